The predicted molar refractivity (Wildman–Crippen MR) is 67.8 cm³/mol. The molecule has 7 heteroatoms. The van der Waals surface area contributed by atoms with E-state index in [-0.39, 0.29) is 12.5 Å². The highest BCUT2D eigenvalue weighted by Crippen LogP contribution is 2.14. The molecule has 100 valence electrons. The van der Waals surface area contributed by atoms with Gasteiger partial charge in [0.05, 0.1) is 5.52 Å². The number of carbonyl (C=O) groups excluding carboxylic acids is 1. The minimum atomic E-state index is -1.05. The van der Waals surface area contributed by atoms with Crippen LogP contribution in [0.2, 0.25) is 0 Å². The van der Waals surface area contributed by atoms with Gasteiger partial charge in [0.15, 0.2) is 0 Å². The number of nitrogens with zero attached hydrogens (tertiary/aromatic N) is 4. The van der Waals surface area contributed by atoms with Crippen molar-refractivity contribution in [2.24, 2.45) is 0 Å². The fraction of sp³-hybridized carbons (Fsp3) is 0.333. The Morgan fingerprint density at radius 1 is 1.42 bits per heavy atom. The third kappa shape index (κ3) is 2.54. The van der Waals surface area contributed by atoms with Crippen molar-refractivity contribution in [3.05, 3.63) is 23.8 Å². The third-order valence-corrected chi connectivity index (χ3v) is 2.78. The van der Waals surface area contributed by atoms with E-state index in [4.69, 9.17) is 5.11 Å². The zero-order valence-corrected chi connectivity index (χ0v) is 10.7. The fourth-order valence-corrected chi connectivity index (χ4v) is 1.83. The molecule has 1 heterocycles. The van der Waals surface area contributed by atoms with Crippen LogP contribution < -0.4 is 0 Å². The molecule has 0 fully saturated rings. The van der Waals surface area contributed by atoms with Crippen LogP contribution in [0.1, 0.15) is 17.3 Å². The summed E-state index contributed by atoms with van der Waals surface area (Å²) < 4.78 is 1.73. The van der Waals surface area contributed by atoms with Crippen LogP contribution in [0.25, 0.3) is 11.0 Å². The standard InChI is InChI=1S/C12H14N4O3/c1-3-16-10-5-4-8(6-9(10)13-14-16)12(19)15(2)7-11(17)18/h4-6H,3,7H2,1-2H3,(H,17,18). The molecule has 0 spiro atoms. The Bertz CT molecular complexity index is 635. The van der Waals surface area contributed by atoms with Gasteiger partial charge >= 0.3 is 5.97 Å². The van der Waals surface area contributed by atoms with Gasteiger partial charge in [-0.3, -0.25) is 9.59 Å². The molecule has 0 bridgehead atoms. The molecule has 0 saturated heterocycles. The number of hydrogen-bond acceptors (Lipinski definition) is 4. The highest BCUT2D eigenvalue weighted by atomic mass is 16.4. The summed E-state index contributed by atoms with van der Waals surface area (Å²) in [7, 11) is 1.45. The Hall–Kier alpha value is -2.44. The zero-order chi connectivity index (χ0) is 14.0. The second kappa shape index (κ2) is 5.05. The van der Waals surface area contributed by atoms with Crippen molar-refractivity contribution < 1.29 is 14.7 Å². The molecule has 1 N–H and O–H groups in total. The fourth-order valence-electron chi connectivity index (χ4n) is 1.83. The average molecular weight is 262 g/mol. The highest BCUT2D eigenvalue weighted by molar-refractivity contribution is 5.98. The van der Waals surface area contributed by atoms with Crippen molar-refractivity contribution >= 4 is 22.9 Å². The van der Waals surface area contributed by atoms with Crippen LogP contribution in [-0.4, -0.2) is 50.5 Å². The summed E-state index contributed by atoms with van der Waals surface area (Å²) in [6, 6.07) is 5.04. The molecule has 0 unspecified atom stereocenters. The van der Waals surface area contributed by atoms with Crippen molar-refractivity contribution in [3.63, 3.8) is 0 Å². The van der Waals surface area contributed by atoms with Gasteiger partial charge in [0.1, 0.15) is 12.1 Å². The van der Waals surface area contributed by atoms with E-state index < -0.39 is 5.97 Å². The second-order valence-corrected chi connectivity index (χ2v) is 4.16. The minimum absolute atomic E-state index is 0.335. The molecule has 0 atom stereocenters. The number of amides is 1. The van der Waals surface area contributed by atoms with E-state index in [9.17, 15) is 9.59 Å². The molecular formula is C12H14N4O3. The maximum atomic E-state index is 12.0. The monoisotopic (exact) mass is 262 g/mol. The Balaban J connectivity index is 2.30. The summed E-state index contributed by atoms with van der Waals surface area (Å²) in [6.45, 7) is 2.31. The Morgan fingerprint density at radius 2 is 2.16 bits per heavy atom. The van der Waals surface area contributed by atoms with Gasteiger partial charge in [-0.05, 0) is 25.1 Å². The number of rotatable bonds is 4. The quantitative estimate of drug-likeness (QED) is 0.872. The highest BCUT2D eigenvalue weighted by Gasteiger charge is 2.15. The smallest absolute Gasteiger partial charge is 0.323 e. The molecule has 0 aliphatic carbocycles. The lowest BCUT2D eigenvalue weighted by Gasteiger charge is -2.14. The van der Waals surface area contributed by atoms with E-state index in [0.717, 1.165) is 10.4 Å². The van der Waals surface area contributed by atoms with Gasteiger partial charge in [-0.15, -0.1) is 5.10 Å². The molecule has 0 aliphatic heterocycles. The molecule has 1 aromatic heterocycles. The SMILES string of the molecule is CCn1nnc2cc(C(=O)N(C)CC(=O)O)ccc21. The first-order valence-corrected chi connectivity index (χ1v) is 5.83. The van der Waals surface area contributed by atoms with Crippen LogP contribution in [-0.2, 0) is 11.3 Å². The number of aliphatic carboxylic acids is 1. The summed E-state index contributed by atoms with van der Waals surface area (Å²) in [5.41, 5.74) is 1.87. The summed E-state index contributed by atoms with van der Waals surface area (Å²) in [6.07, 6.45) is 0. The second-order valence-electron chi connectivity index (χ2n) is 4.16. The number of aryl methyl sites for hydroxylation is 1. The summed E-state index contributed by atoms with van der Waals surface area (Å²) >= 11 is 0. The van der Waals surface area contributed by atoms with Crippen LogP contribution in [0.4, 0.5) is 0 Å². The van der Waals surface area contributed by atoms with E-state index >= 15 is 0 Å². The summed E-state index contributed by atoms with van der Waals surface area (Å²) in [5, 5.41) is 16.6. The van der Waals surface area contributed by atoms with E-state index in [1.807, 2.05) is 6.92 Å². The first kappa shape index (κ1) is 13.0. The number of carboxylic acid groups (broad SMARTS) is 1. The summed E-state index contributed by atoms with van der Waals surface area (Å²) in [4.78, 5) is 23.7. The number of fused-ring (bicyclic) bond motifs is 1. The lowest BCUT2D eigenvalue weighted by atomic mass is 10.1. The number of benzene rings is 1. The Kier molecular flexibility index (Phi) is 3.46. The number of carboxylic acids is 1. The molecular weight excluding hydrogens is 248 g/mol. The van der Waals surface area contributed by atoms with Crippen molar-refractivity contribution in [2.45, 2.75) is 13.5 Å². The largest absolute Gasteiger partial charge is 0.480 e. The molecule has 1 amide bonds. The first-order chi connectivity index (χ1) is 9.02. The van der Waals surface area contributed by atoms with Crippen molar-refractivity contribution in [2.75, 3.05) is 13.6 Å². The normalized spacial score (nSPS) is 10.6. The third-order valence-electron chi connectivity index (χ3n) is 2.78. The average Bonchev–Trinajstić information content (AvgIpc) is 2.78. The Morgan fingerprint density at radius 3 is 2.79 bits per heavy atom. The van der Waals surface area contributed by atoms with Gasteiger partial charge in [-0.1, -0.05) is 5.21 Å². The molecule has 1 aromatic carbocycles. The molecule has 19 heavy (non-hydrogen) atoms. The topological polar surface area (TPSA) is 88.3 Å². The van der Waals surface area contributed by atoms with Gasteiger partial charge in [-0.2, -0.15) is 0 Å². The lowest BCUT2D eigenvalue weighted by molar-refractivity contribution is -0.137. The zero-order valence-electron chi connectivity index (χ0n) is 10.7. The van der Waals surface area contributed by atoms with E-state index in [1.54, 1.807) is 22.9 Å². The number of carbonyl (C=O) groups is 2. The molecule has 0 aliphatic rings. The molecule has 7 nitrogen and oxygen atoms in total. The van der Waals surface area contributed by atoms with E-state index in [2.05, 4.69) is 10.3 Å². The molecule has 2 aromatic rings. The summed E-state index contributed by atoms with van der Waals surface area (Å²) in [5.74, 6) is -1.40. The number of hydrogen-bond donors (Lipinski definition) is 1. The van der Waals surface area contributed by atoms with Gasteiger partial charge in [0.25, 0.3) is 5.91 Å². The van der Waals surface area contributed by atoms with Crippen LogP contribution >= 0.6 is 0 Å². The Labute approximate surface area is 109 Å². The van der Waals surface area contributed by atoms with Crippen LogP contribution in [0.5, 0.6) is 0 Å². The van der Waals surface area contributed by atoms with Crippen LogP contribution in [0.15, 0.2) is 18.2 Å². The maximum Gasteiger partial charge on any atom is 0.323 e. The van der Waals surface area contributed by atoms with E-state index in [1.165, 1.54) is 7.05 Å². The minimum Gasteiger partial charge on any atom is -0.480 e. The number of likely N-dealkylation sites (N-methyl/N-ethyl adjacent to an activating group) is 1. The van der Waals surface area contributed by atoms with Crippen molar-refractivity contribution in [1.82, 2.24) is 19.9 Å². The molecule has 0 saturated carbocycles. The predicted octanol–water partition coefficient (Wildman–Crippen LogP) is 0.608. The van der Waals surface area contributed by atoms with Gasteiger partial charge in [-0.25, -0.2) is 4.68 Å². The van der Waals surface area contributed by atoms with Crippen molar-refractivity contribution in [3.8, 4) is 0 Å². The van der Waals surface area contributed by atoms with Crippen LogP contribution in [0, 0.1) is 0 Å². The molecule has 2 rings (SSSR count). The van der Waals surface area contributed by atoms with Gasteiger partial charge < -0.3 is 10.0 Å². The van der Waals surface area contributed by atoms with Crippen LogP contribution in [0.3, 0.4) is 0 Å². The van der Waals surface area contributed by atoms with E-state index in [0.29, 0.717) is 17.6 Å². The van der Waals surface area contributed by atoms with Gasteiger partial charge in [0.2, 0.25) is 0 Å². The molecule has 0 radical (unpaired) electrons. The maximum absolute atomic E-state index is 12.0. The number of aromatic nitrogens is 3. The lowest BCUT2D eigenvalue weighted by Crippen LogP contribution is -2.31. The van der Waals surface area contributed by atoms with Gasteiger partial charge in [0, 0.05) is 19.2 Å². The van der Waals surface area contributed by atoms with Crippen molar-refractivity contribution in [1.29, 1.82) is 0 Å². The first-order valence-electron chi connectivity index (χ1n) is 5.83.